The van der Waals surface area contributed by atoms with E-state index in [0.29, 0.717) is 0 Å². The summed E-state index contributed by atoms with van der Waals surface area (Å²) in [6, 6.07) is 6.32. The number of benzene rings is 1. The highest BCUT2D eigenvalue weighted by Crippen LogP contribution is 2.15. The Morgan fingerprint density at radius 1 is 0.409 bits per heavy atom. The molecule has 0 radical (unpaired) electrons. The highest BCUT2D eigenvalue weighted by atomic mass is 16.2. The number of carbonyl (C=O) groups excluding carboxylic acids is 4. The molecule has 1 aromatic rings. The maximum Gasteiger partial charge on any atom is 0.258 e. The highest BCUT2D eigenvalue weighted by molar-refractivity contribution is 6.14. The number of nitrogens with one attached hydrogen (secondary N) is 2. The van der Waals surface area contributed by atoms with Crippen molar-refractivity contribution in [1.82, 2.24) is 10.6 Å². The Labute approximate surface area is 269 Å². The molecule has 0 bridgehead atoms. The maximum atomic E-state index is 12.8. The molecule has 0 aliphatic heterocycles. The van der Waals surface area contributed by atoms with Crippen LogP contribution < -0.4 is 10.6 Å². The van der Waals surface area contributed by atoms with Crippen LogP contribution >= 0.6 is 0 Å². The molecule has 4 amide bonds. The molecule has 0 saturated heterocycles. The van der Waals surface area contributed by atoms with Gasteiger partial charge in [-0.05, 0) is 25.0 Å². The summed E-state index contributed by atoms with van der Waals surface area (Å²) in [4.78, 5) is 50.3. The third kappa shape index (κ3) is 21.2. The second-order valence-electron chi connectivity index (χ2n) is 12.6. The van der Waals surface area contributed by atoms with E-state index in [9.17, 15) is 19.2 Å². The summed E-state index contributed by atoms with van der Waals surface area (Å²) in [7, 11) is 0. The number of imide groups is 2. The van der Waals surface area contributed by atoms with Crippen LogP contribution in [0.15, 0.2) is 24.3 Å². The van der Waals surface area contributed by atoms with Crippen LogP contribution in [0.25, 0.3) is 0 Å². The van der Waals surface area contributed by atoms with E-state index < -0.39 is 11.8 Å². The van der Waals surface area contributed by atoms with Crippen molar-refractivity contribution in [3.05, 3.63) is 35.4 Å². The molecular weight excluding hydrogens is 548 g/mol. The molecule has 0 fully saturated rings. The number of rotatable bonds is 28. The summed E-state index contributed by atoms with van der Waals surface area (Å²) in [5.41, 5.74) is 0.206. The minimum atomic E-state index is -0.604. The van der Waals surface area contributed by atoms with Crippen molar-refractivity contribution in [3.63, 3.8) is 0 Å². The Balaban J connectivity index is 2.21. The Kier molecular flexibility index (Phi) is 25.2. The zero-order valence-corrected chi connectivity index (χ0v) is 28.3. The van der Waals surface area contributed by atoms with E-state index >= 15 is 0 Å². The molecule has 0 aliphatic rings. The Morgan fingerprint density at radius 3 is 0.932 bits per heavy atom. The van der Waals surface area contributed by atoms with Crippen LogP contribution in [0.1, 0.15) is 202 Å². The van der Waals surface area contributed by atoms with Gasteiger partial charge in [-0.15, -0.1) is 0 Å². The third-order valence-corrected chi connectivity index (χ3v) is 8.44. The summed E-state index contributed by atoms with van der Waals surface area (Å²) in [5.74, 6) is -1.87. The van der Waals surface area contributed by atoms with Gasteiger partial charge in [0.2, 0.25) is 11.8 Å². The van der Waals surface area contributed by atoms with Crippen LogP contribution in [-0.2, 0) is 9.59 Å². The maximum absolute atomic E-state index is 12.8. The molecule has 0 saturated carbocycles. The summed E-state index contributed by atoms with van der Waals surface area (Å²) < 4.78 is 0. The largest absolute Gasteiger partial charge is 0.292 e. The molecular formula is C38H64N2O4. The predicted molar refractivity (Wildman–Crippen MR) is 183 cm³/mol. The van der Waals surface area contributed by atoms with Gasteiger partial charge in [0.1, 0.15) is 0 Å². The van der Waals surface area contributed by atoms with Crippen molar-refractivity contribution in [2.75, 3.05) is 0 Å². The molecule has 0 aromatic heterocycles. The van der Waals surface area contributed by atoms with Crippen LogP contribution in [-0.4, -0.2) is 23.6 Å². The number of hydrogen-bond acceptors (Lipinski definition) is 4. The Bertz CT molecular complexity index is 841. The van der Waals surface area contributed by atoms with E-state index in [1.165, 1.54) is 128 Å². The normalized spacial score (nSPS) is 11.0. The van der Waals surface area contributed by atoms with Crippen LogP contribution in [0.2, 0.25) is 0 Å². The van der Waals surface area contributed by atoms with Crippen LogP contribution in [0, 0.1) is 0 Å². The monoisotopic (exact) mass is 612 g/mol. The quantitative estimate of drug-likeness (QED) is 0.0921. The minimum absolute atomic E-state index is 0.103. The first-order chi connectivity index (χ1) is 21.5. The molecule has 1 aromatic carbocycles. The topological polar surface area (TPSA) is 92.3 Å². The van der Waals surface area contributed by atoms with E-state index in [1.54, 1.807) is 12.1 Å². The third-order valence-electron chi connectivity index (χ3n) is 8.44. The lowest BCUT2D eigenvalue weighted by Crippen LogP contribution is -2.35. The van der Waals surface area contributed by atoms with Crippen molar-refractivity contribution in [1.29, 1.82) is 0 Å². The van der Waals surface area contributed by atoms with E-state index in [-0.39, 0.29) is 35.8 Å². The van der Waals surface area contributed by atoms with Gasteiger partial charge in [0, 0.05) is 12.8 Å². The fourth-order valence-electron chi connectivity index (χ4n) is 5.65. The predicted octanol–water partition coefficient (Wildman–Crippen LogP) is 10.4. The zero-order valence-electron chi connectivity index (χ0n) is 28.3. The lowest BCUT2D eigenvalue weighted by Gasteiger charge is -2.10. The molecule has 0 unspecified atom stereocenters. The molecule has 0 heterocycles. The fourth-order valence-corrected chi connectivity index (χ4v) is 5.65. The van der Waals surface area contributed by atoms with Gasteiger partial charge in [0.15, 0.2) is 0 Å². The minimum Gasteiger partial charge on any atom is -0.292 e. The van der Waals surface area contributed by atoms with Gasteiger partial charge in [-0.2, -0.15) is 0 Å². The highest BCUT2D eigenvalue weighted by Gasteiger charge is 2.19. The fraction of sp³-hybridized carbons (Fsp3) is 0.737. The van der Waals surface area contributed by atoms with Gasteiger partial charge < -0.3 is 0 Å². The van der Waals surface area contributed by atoms with Crippen LogP contribution in [0.3, 0.4) is 0 Å². The van der Waals surface area contributed by atoms with Gasteiger partial charge in [-0.3, -0.25) is 29.8 Å². The molecule has 44 heavy (non-hydrogen) atoms. The number of amides is 4. The van der Waals surface area contributed by atoms with E-state index in [1.807, 2.05) is 0 Å². The average molecular weight is 613 g/mol. The summed E-state index contributed by atoms with van der Waals surface area (Å²) in [6.07, 6.45) is 29.7. The first-order valence-electron chi connectivity index (χ1n) is 18.3. The van der Waals surface area contributed by atoms with Crippen molar-refractivity contribution in [2.45, 2.75) is 181 Å². The number of carbonyl (C=O) groups is 4. The standard InChI is InChI=1S/C38H64N2O4/c1-3-5-7-9-11-13-15-17-19-21-23-25-31-35(41)39-37(43)33-29-27-28-30-34(33)38(44)40-36(42)32-26-24-22-20-18-16-14-12-10-8-6-4-2/h27-30H,3-26,31-32H2,1-2H3,(H,39,41,43)(H,40,42,44). The zero-order chi connectivity index (χ0) is 32.1. The molecule has 0 aliphatic carbocycles. The molecule has 6 heteroatoms. The number of hydrogen-bond donors (Lipinski definition) is 2. The van der Waals surface area contributed by atoms with Crippen molar-refractivity contribution < 1.29 is 19.2 Å². The van der Waals surface area contributed by atoms with Crippen LogP contribution in [0.4, 0.5) is 0 Å². The van der Waals surface area contributed by atoms with E-state index in [4.69, 9.17) is 0 Å². The van der Waals surface area contributed by atoms with Gasteiger partial charge in [-0.1, -0.05) is 167 Å². The first kappa shape index (κ1) is 39.5. The molecule has 6 nitrogen and oxygen atoms in total. The van der Waals surface area contributed by atoms with Crippen molar-refractivity contribution >= 4 is 23.6 Å². The lowest BCUT2D eigenvalue weighted by atomic mass is 10.0. The Morgan fingerprint density at radius 2 is 0.659 bits per heavy atom. The summed E-state index contributed by atoms with van der Waals surface area (Å²) in [6.45, 7) is 4.49. The SMILES string of the molecule is CCCCCCCCCCCCCCC(=O)NC(=O)c1ccccc1C(=O)NC(=O)CCCCCCCCCCCCCC. The second-order valence-corrected chi connectivity index (χ2v) is 12.6. The second kappa shape index (κ2) is 28.0. The van der Waals surface area contributed by atoms with Gasteiger partial charge in [-0.25, -0.2) is 0 Å². The first-order valence-corrected chi connectivity index (χ1v) is 18.3. The van der Waals surface area contributed by atoms with Gasteiger partial charge >= 0.3 is 0 Å². The van der Waals surface area contributed by atoms with Crippen molar-refractivity contribution in [3.8, 4) is 0 Å². The molecule has 2 N–H and O–H groups in total. The average Bonchev–Trinajstić information content (AvgIpc) is 3.02. The van der Waals surface area contributed by atoms with Gasteiger partial charge in [0.25, 0.3) is 11.8 Å². The molecule has 250 valence electrons. The van der Waals surface area contributed by atoms with Crippen molar-refractivity contribution in [2.24, 2.45) is 0 Å². The smallest absolute Gasteiger partial charge is 0.258 e. The lowest BCUT2D eigenvalue weighted by molar-refractivity contribution is -0.121. The van der Waals surface area contributed by atoms with Crippen LogP contribution in [0.5, 0.6) is 0 Å². The van der Waals surface area contributed by atoms with E-state index in [2.05, 4.69) is 24.5 Å². The molecule has 0 atom stereocenters. The molecule has 1 rings (SSSR count). The summed E-state index contributed by atoms with van der Waals surface area (Å²) >= 11 is 0. The summed E-state index contributed by atoms with van der Waals surface area (Å²) in [5, 5.41) is 4.84. The Hall–Kier alpha value is -2.50. The van der Waals surface area contributed by atoms with E-state index in [0.717, 1.165) is 38.5 Å². The number of unbranched alkanes of at least 4 members (excludes halogenated alkanes) is 22. The van der Waals surface area contributed by atoms with Gasteiger partial charge in [0.05, 0.1) is 11.1 Å². The molecule has 0 spiro atoms.